The number of halogens is 5. The maximum Gasteiger partial charge on any atom is 0.353 e. The van der Waals surface area contributed by atoms with Crippen LogP contribution in [-0.2, 0) is 0 Å². The number of carbonyl (C=O) groups excluding carboxylic acids is 1. The van der Waals surface area contributed by atoms with Gasteiger partial charge in [-0.2, -0.15) is 10.5 Å². The summed E-state index contributed by atoms with van der Waals surface area (Å²) in [6.07, 6.45) is 0. The molecule has 7 nitrogen and oxygen atoms in total. The Balaban J connectivity index is 0.000000240. The van der Waals surface area contributed by atoms with Crippen molar-refractivity contribution >= 4 is 69.2 Å². The van der Waals surface area contributed by atoms with E-state index in [-0.39, 0.29) is 42.9 Å². The molecule has 2 aromatic rings. The normalized spacial score (nSPS) is 9.46. The molecule has 0 fully saturated rings. The van der Waals surface area contributed by atoms with Crippen molar-refractivity contribution in [1.82, 2.24) is 9.97 Å². The molecule has 0 atom stereocenters. The van der Waals surface area contributed by atoms with E-state index in [9.17, 15) is 9.59 Å². The largest absolute Gasteiger partial charge is 0.477 e. The molecule has 0 radical (unpaired) electrons. The number of nitrogens with zero attached hydrogens (tertiary/aromatic N) is 2. The minimum Gasteiger partial charge on any atom is -0.477 e. The predicted molar refractivity (Wildman–Crippen MR) is 88.2 cm³/mol. The van der Waals surface area contributed by atoms with E-state index in [0.717, 1.165) is 0 Å². The number of aromatic nitrogens is 2. The number of hydrogen-bond donors (Lipinski definition) is 3. The molecule has 0 saturated carbocycles. The van der Waals surface area contributed by atoms with Gasteiger partial charge in [-0.1, -0.05) is 46.4 Å². The monoisotopic (exact) mass is 426 g/mol. The fraction of sp³-hybridized carbons (Fsp3) is 0. The van der Waals surface area contributed by atoms with Gasteiger partial charge in [0.2, 0.25) is 0 Å². The highest BCUT2D eigenvalue weighted by atomic mass is 35.5. The van der Waals surface area contributed by atoms with Crippen LogP contribution in [0.5, 0.6) is 0 Å². The lowest BCUT2D eigenvalue weighted by molar-refractivity contribution is 0.0691. The van der Waals surface area contributed by atoms with Crippen LogP contribution in [0.25, 0.3) is 0 Å². The molecular weight excluding hydrogens is 425 g/mol. The van der Waals surface area contributed by atoms with Crippen LogP contribution in [0.4, 0.5) is 0 Å². The summed E-state index contributed by atoms with van der Waals surface area (Å²) >= 11 is 27.3. The van der Waals surface area contributed by atoms with Crippen LogP contribution in [-0.4, -0.2) is 26.3 Å². The van der Waals surface area contributed by atoms with Gasteiger partial charge >= 0.3 is 5.97 Å². The fourth-order valence-electron chi connectivity index (χ4n) is 1.35. The Labute approximate surface area is 159 Å². The van der Waals surface area contributed by atoms with Crippen LogP contribution < -0.4 is 0 Å². The first kappa shape index (κ1) is 20.2. The number of H-pyrrole nitrogens is 2. The Kier molecular flexibility index (Phi) is 6.97. The first-order valence-corrected chi connectivity index (χ1v) is 7.41. The quantitative estimate of drug-likeness (QED) is 0.607. The summed E-state index contributed by atoms with van der Waals surface area (Å²) in [5, 5.41) is 24.4. The number of nitrogens with one attached hydrogen (secondary N) is 2. The third kappa shape index (κ3) is 4.15. The average Bonchev–Trinajstić information content (AvgIpc) is 2.98. The van der Waals surface area contributed by atoms with Crippen molar-refractivity contribution in [3.8, 4) is 12.1 Å². The number of aromatic amines is 2. The SMILES string of the molecule is N#Cc1[nH]c(C(=O)Cl)c(Cl)c1Cl.N#Cc1[nH]c(C(=O)O)c(Cl)c1Cl. The molecule has 2 aromatic heterocycles. The van der Waals surface area contributed by atoms with Crippen LogP contribution in [0, 0.1) is 22.7 Å². The Bertz CT molecular complexity index is 829. The zero-order valence-corrected chi connectivity index (χ0v) is 14.8. The minimum atomic E-state index is -1.25. The van der Waals surface area contributed by atoms with Gasteiger partial charge in [0, 0.05) is 0 Å². The van der Waals surface area contributed by atoms with E-state index in [0.29, 0.717) is 0 Å². The maximum absolute atomic E-state index is 10.6. The molecular formula is C12H3Cl5N4O3. The highest BCUT2D eigenvalue weighted by Gasteiger charge is 2.19. The Morgan fingerprint density at radius 3 is 1.42 bits per heavy atom. The minimum absolute atomic E-state index is 0.0168. The number of hydrogen-bond acceptors (Lipinski definition) is 4. The second kappa shape index (κ2) is 8.29. The average molecular weight is 428 g/mol. The second-order valence-corrected chi connectivity index (χ2v) is 5.66. The fourth-order valence-corrected chi connectivity index (χ4v) is 2.35. The van der Waals surface area contributed by atoms with Gasteiger partial charge in [0.1, 0.15) is 34.9 Å². The lowest BCUT2D eigenvalue weighted by Crippen LogP contribution is -1.96. The van der Waals surface area contributed by atoms with Gasteiger partial charge in [-0.3, -0.25) is 4.79 Å². The standard InChI is InChI=1S/C6HCl3N2O.C6H2Cl2N2O2/c7-3-2(1-10)11-5(4(3)8)6(9)12;7-3-2(1-9)10-5(4(3)8)6(11)12/h11H;10H,(H,11,12). The van der Waals surface area contributed by atoms with Crippen molar-refractivity contribution < 1.29 is 14.7 Å². The van der Waals surface area contributed by atoms with Crippen molar-refractivity contribution in [2.75, 3.05) is 0 Å². The number of carboxylic acids is 1. The van der Waals surface area contributed by atoms with Gasteiger partial charge in [0.25, 0.3) is 5.24 Å². The predicted octanol–water partition coefficient (Wildman–Crippen LogP) is 4.46. The lowest BCUT2D eigenvalue weighted by Gasteiger charge is -1.86. The summed E-state index contributed by atoms with van der Waals surface area (Å²) in [5.41, 5.74) is -0.331. The third-order valence-corrected chi connectivity index (χ3v) is 4.29. The number of carbonyl (C=O) groups is 2. The molecule has 0 aliphatic carbocycles. The van der Waals surface area contributed by atoms with Gasteiger partial charge in [0.15, 0.2) is 0 Å². The number of nitriles is 2. The summed E-state index contributed by atoms with van der Waals surface area (Å²) in [6, 6.07) is 3.40. The van der Waals surface area contributed by atoms with E-state index >= 15 is 0 Å². The number of carboxylic acid groups (broad SMARTS) is 1. The van der Waals surface area contributed by atoms with E-state index in [2.05, 4.69) is 9.97 Å². The van der Waals surface area contributed by atoms with E-state index < -0.39 is 11.2 Å². The highest BCUT2D eigenvalue weighted by molar-refractivity contribution is 6.68. The summed E-state index contributed by atoms with van der Waals surface area (Å²) in [4.78, 5) is 25.7. The van der Waals surface area contributed by atoms with Crippen LogP contribution >= 0.6 is 58.0 Å². The van der Waals surface area contributed by atoms with Gasteiger partial charge in [-0.15, -0.1) is 0 Å². The first-order valence-electron chi connectivity index (χ1n) is 5.52. The highest BCUT2D eigenvalue weighted by Crippen LogP contribution is 2.30. The Morgan fingerprint density at radius 1 is 0.833 bits per heavy atom. The smallest absolute Gasteiger partial charge is 0.353 e. The molecule has 0 unspecified atom stereocenters. The zero-order valence-electron chi connectivity index (χ0n) is 11.0. The molecule has 2 rings (SSSR count). The summed E-state index contributed by atoms with van der Waals surface area (Å²) in [6.45, 7) is 0. The molecule has 0 bridgehead atoms. The summed E-state index contributed by atoms with van der Waals surface area (Å²) in [5.74, 6) is -1.25. The van der Waals surface area contributed by atoms with Crippen molar-refractivity contribution in [3.63, 3.8) is 0 Å². The van der Waals surface area contributed by atoms with E-state index in [1.54, 1.807) is 12.1 Å². The molecule has 0 aliphatic rings. The molecule has 24 heavy (non-hydrogen) atoms. The molecule has 0 aromatic carbocycles. The maximum atomic E-state index is 10.6. The van der Waals surface area contributed by atoms with Crippen molar-refractivity contribution in [3.05, 3.63) is 42.9 Å². The zero-order chi connectivity index (χ0) is 18.6. The van der Waals surface area contributed by atoms with Crippen molar-refractivity contribution in [2.45, 2.75) is 0 Å². The van der Waals surface area contributed by atoms with Crippen LogP contribution in [0.1, 0.15) is 32.4 Å². The molecule has 0 spiro atoms. The number of rotatable bonds is 2. The topological polar surface area (TPSA) is 134 Å². The molecule has 2 heterocycles. The summed E-state index contributed by atoms with van der Waals surface area (Å²) < 4.78 is 0. The Morgan fingerprint density at radius 2 is 1.21 bits per heavy atom. The van der Waals surface area contributed by atoms with Crippen molar-refractivity contribution in [2.24, 2.45) is 0 Å². The first-order chi connectivity index (χ1) is 11.1. The summed E-state index contributed by atoms with van der Waals surface area (Å²) in [7, 11) is 0. The van der Waals surface area contributed by atoms with Crippen LogP contribution in [0.2, 0.25) is 20.1 Å². The Hall–Kier alpha value is -1.87. The van der Waals surface area contributed by atoms with E-state index in [4.69, 9.17) is 73.6 Å². The molecule has 12 heteroatoms. The molecule has 124 valence electrons. The molecule has 0 aliphatic heterocycles. The second-order valence-electron chi connectivity index (χ2n) is 3.81. The van der Waals surface area contributed by atoms with Crippen molar-refractivity contribution in [1.29, 1.82) is 10.5 Å². The molecule has 3 N–H and O–H groups in total. The van der Waals surface area contributed by atoms with Crippen LogP contribution in [0.3, 0.4) is 0 Å². The van der Waals surface area contributed by atoms with Gasteiger partial charge < -0.3 is 15.1 Å². The molecule has 0 amide bonds. The van der Waals surface area contributed by atoms with Crippen LogP contribution in [0.15, 0.2) is 0 Å². The molecule has 0 saturated heterocycles. The van der Waals surface area contributed by atoms with Gasteiger partial charge in [0.05, 0.1) is 20.1 Å². The lowest BCUT2D eigenvalue weighted by atomic mass is 10.4. The van der Waals surface area contributed by atoms with Gasteiger partial charge in [-0.25, -0.2) is 4.79 Å². The van der Waals surface area contributed by atoms with Gasteiger partial charge in [-0.05, 0) is 11.6 Å². The number of aromatic carboxylic acids is 1. The van der Waals surface area contributed by atoms with E-state index in [1.165, 1.54) is 0 Å². The van der Waals surface area contributed by atoms with E-state index in [1.807, 2.05) is 0 Å². The third-order valence-electron chi connectivity index (χ3n) is 2.40.